The fraction of sp³-hybridized carbons (Fsp3) is 0.207. The van der Waals surface area contributed by atoms with E-state index in [-0.39, 0.29) is 5.95 Å². The molecule has 0 radical (unpaired) electrons. The number of ether oxygens (including phenoxy) is 1. The molecule has 13 heteroatoms. The number of aromatic nitrogens is 7. The average molecular weight is 676 g/mol. The lowest BCUT2D eigenvalue weighted by Crippen LogP contribution is -2.33. The van der Waals surface area contributed by atoms with E-state index in [2.05, 4.69) is 49.0 Å². The molecule has 1 fully saturated rings. The third-order valence-electron chi connectivity index (χ3n) is 7.28. The fourth-order valence-corrected chi connectivity index (χ4v) is 5.77. The van der Waals surface area contributed by atoms with Crippen LogP contribution in [0.4, 0.5) is 5.82 Å². The molecule has 0 bridgehead atoms. The van der Waals surface area contributed by atoms with Crippen LogP contribution in [0.2, 0.25) is 0 Å². The molecule has 0 aliphatic carbocycles. The van der Waals surface area contributed by atoms with Gasteiger partial charge in [-0.2, -0.15) is 15.1 Å². The third kappa shape index (κ3) is 4.78. The van der Waals surface area contributed by atoms with E-state index in [4.69, 9.17) is 14.7 Å². The van der Waals surface area contributed by atoms with Crippen LogP contribution >= 0.6 is 22.6 Å². The predicted molar refractivity (Wildman–Crippen MR) is 163 cm³/mol. The number of rotatable bonds is 7. The van der Waals surface area contributed by atoms with Crippen molar-refractivity contribution in [1.82, 2.24) is 34.3 Å². The van der Waals surface area contributed by atoms with Gasteiger partial charge in [0.2, 0.25) is 0 Å². The van der Waals surface area contributed by atoms with Gasteiger partial charge in [0.05, 0.1) is 24.8 Å². The molecule has 6 aromatic rings. The first kappa shape index (κ1) is 26.9. The first-order chi connectivity index (χ1) is 20.5. The molecular weight excluding hydrogens is 651 g/mol. The molecule has 4 aromatic heterocycles. The summed E-state index contributed by atoms with van der Waals surface area (Å²) in [5.74, 6) is 0.715. The normalized spacial score (nSPS) is 20.5. The lowest BCUT2D eigenvalue weighted by Gasteiger charge is -2.17. The molecule has 1 aliphatic heterocycles. The molecule has 4 N–H and O–H groups in total. The van der Waals surface area contributed by atoms with Gasteiger partial charge in [0.25, 0.3) is 5.95 Å². The second-order valence-electron chi connectivity index (χ2n) is 9.96. The highest BCUT2D eigenvalue weighted by molar-refractivity contribution is 14.1. The summed E-state index contributed by atoms with van der Waals surface area (Å²) in [6, 6.07) is 18.1. The summed E-state index contributed by atoms with van der Waals surface area (Å²) < 4.78 is 9.99. The molecule has 0 spiro atoms. The lowest BCUT2D eigenvalue weighted by atomic mass is 10.1. The summed E-state index contributed by atoms with van der Waals surface area (Å²) in [5.41, 5.74) is 3.45. The van der Waals surface area contributed by atoms with Crippen molar-refractivity contribution in [2.24, 2.45) is 0 Å². The summed E-state index contributed by atoms with van der Waals surface area (Å²) in [6.07, 6.45) is 2.26. The summed E-state index contributed by atoms with van der Waals surface area (Å²) in [7, 11) is 0. The molecule has 0 amide bonds. The molecule has 1 saturated heterocycles. The van der Waals surface area contributed by atoms with Gasteiger partial charge in [-0.1, -0.05) is 36.4 Å². The Morgan fingerprint density at radius 1 is 1.00 bits per heavy atom. The fourth-order valence-electron chi connectivity index (χ4n) is 5.16. The monoisotopic (exact) mass is 676 g/mol. The maximum atomic E-state index is 10.7. The van der Waals surface area contributed by atoms with Crippen LogP contribution in [0.25, 0.3) is 39.1 Å². The van der Waals surface area contributed by atoms with E-state index >= 15 is 0 Å². The molecule has 4 atom stereocenters. The molecule has 2 aromatic carbocycles. The number of halogens is 1. The van der Waals surface area contributed by atoms with Gasteiger partial charge in [0.15, 0.2) is 23.2 Å². The summed E-state index contributed by atoms with van der Waals surface area (Å²) in [6.45, 7) is 0.0376. The zero-order valence-corrected chi connectivity index (χ0v) is 24.1. The van der Waals surface area contributed by atoms with Gasteiger partial charge in [0.1, 0.15) is 18.3 Å². The summed E-state index contributed by atoms with van der Waals surface area (Å²) in [4.78, 5) is 18.6. The summed E-state index contributed by atoms with van der Waals surface area (Å²) >= 11 is 2.27. The minimum Gasteiger partial charge on any atom is -0.394 e. The standard InChI is InChI=1S/C29H25IN8O4/c30-19-6-3-4-16(10-19)11-32-26-23-27(37(15-33-23)28-25(41)24(40)21(14-39)42-28)36-29(35-26)38-13-18(12-34-38)22-20-7-2-1-5-17(20)8-9-31-22/h1-10,12-13,15,21,24-25,28,39-41H,11,14H2,(H,32,35,36)/t21-,24-,25-,28-/m1/s1. The largest absolute Gasteiger partial charge is 0.394 e. The maximum Gasteiger partial charge on any atom is 0.254 e. The molecule has 42 heavy (non-hydrogen) atoms. The second-order valence-corrected chi connectivity index (χ2v) is 11.2. The number of fused-ring (bicyclic) bond motifs is 2. The van der Waals surface area contributed by atoms with Crippen molar-refractivity contribution >= 4 is 50.3 Å². The molecule has 212 valence electrons. The van der Waals surface area contributed by atoms with Gasteiger partial charge in [-0.3, -0.25) is 9.55 Å². The molecular formula is C29H25IN8O4. The number of hydrogen-bond donors (Lipinski definition) is 4. The van der Waals surface area contributed by atoms with E-state index in [9.17, 15) is 15.3 Å². The number of benzene rings is 2. The Balaban J connectivity index is 1.32. The smallest absolute Gasteiger partial charge is 0.254 e. The topological polar surface area (TPSA) is 156 Å². The van der Waals surface area contributed by atoms with Crippen molar-refractivity contribution in [3.63, 3.8) is 0 Å². The van der Waals surface area contributed by atoms with Crippen LogP contribution < -0.4 is 5.32 Å². The van der Waals surface area contributed by atoms with Crippen molar-refractivity contribution in [3.8, 4) is 17.2 Å². The Labute approximate surface area is 252 Å². The van der Waals surface area contributed by atoms with Crippen molar-refractivity contribution < 1.29 is 20.1 Å². The minimum atomic E-state index is -1.30. The number of imidazole rings is 1. The Morgan fingerprint density at radius 2 is 1.88 bits per heavy atom. The predicted octanol–water partition coefficient (Wildman–Crippen LogP) is 3.06. The van der Waals surface area contributed by atoms with Crippen LogP contribution in [0.1, 0.15) is 11.8 Å². The average Bonchev–Trinajstić information content (AvgIpc) is 3.74. The van der Waals surface area contributed by atoms with Crippen LogP contribution in [0.15, 0.2) is 79.5 Å². The number of hydrogen-bond acceptors (Lipinski definition) is 10. The van der Waals surface area contributed by atoms with Gasteiger partial charge in [-0.05, 0) is 51.7 Å². The Morgan fingerprint density at radius 3 is 2.71 bits per heavy atom. The quantitative estimate of drug-likeness (QED) is 0.186. The zero-order valence-electron chi connectivity index (χ0n) is 22.0. The van der Waals surface area contributed by atoms with Gasteiger partial charge in [-0.25, -0.2) is 9.67 Å². The Hall–Kier alpha value is -4.02. The lowest BCUT2D eigenvalue weighted by molar-refractivity contribution is -0.0511. The maximum absolute atomic E-state index is 10.7. The van der Waals surface area contributed by atoms with Crippen LogP contribution in [-0.2, 0) is 11.3 Å². The molecule has 5 heterocycles. The SMILES string of the molecule is OC[C@H]1O[C@@H](n2cnc3c(NCc4cccc(I)c4)nc(-n4cc(-c5nccc6ccccc56)cn4)nc32)[C@H](O)[C@@H]1O. The molecule has 1 aliphatic rings. The van der Waals surface area contributed by atoms with Crippen molar-refractivity contribution in [1.29, 1.82) is 0 Å². The zero-order chi connectivity index (χ0) is 28.8. The van der Waals surface area contributed by atoms with E-state index < -0.39 is 31.1 Å². The number of pyridine rings is 1. The highest BCUT2D eigenvalue weighted by Crippen LogP contribution is 2.33. The third-order valence-corrected chi connectivity index (χ3v) is 7.96. The minimum absolute atomic E-state index is 0.257. The van der Waals surface area contributed by atoms with E-state index in [1.807, 2.05) is 54.7 Å². The first-order valence-electron chi connectivity index (χ1n) is 13.2. The van der Waals surface area contributed by atoms with Gasteiger partial charge < -0.3 is 25.4 Å². The van der Waals surface area contributed by atoms with E-state index in [1.54, 1.807) is 17.1 Å². The van der Waals surface area contributed by atoms with Crippen LogP contribution in [-0.4, -0.2) is 74.5 Å². The first-order valence-corrected chi connectivity index (χ1v) is 14.3. The molecule has 0 saturated carbocycles. The highest BCUT2D eigenvalue weighted by Gasteiger charge is 2.44. The Kier molecular flexibility index (Phi) is 7.03. The van der Waals surface area contributed by atoms with Gasteiger partial charge in [-0.15, -0.1) is 0 Å². The van der Waals surface area contributed by atoms with Crippen LogP contribution in [0.5, 0.6) is 0 Å². The molecule has 0 unspecified atom stereocenters. The number of anilines is 1. The number of aliphatic hydroxyl groups excluding tert-OH is 3. The van der Waals surface area contributed by atoms with Crippen LogP contribution in [0, 0.1) is 3.57 Å². The number of nitrogens with zero attached hydrogens (tertiary/aromatic N) is 7. The van der Waals surface area contributed by atoms with Crippen molar-refractivity contribution in [2.45, 2.75) is 31.1 Å². The van der Waals surface area contributed by atoms with E-state index in [1.165, 1.54) is 10.9 Å². The Bertz CT molecular complexity index is 1900. The van der Waals surface area contributed by atoms with E-state index in [0.717, 1.165) is 31.2 Å². The van der Waals surface area contributed by atoms with Crippen molar-refractivity contribution in [2.75, 3.05) is 11.9 Å². The van der Waals surface area contributed by atoms with Crippen molar-refractivity contribution in [3.05, 3.63) is 88.6 Å². The molecule has 12 nitrogen and oxygen atoms in total. The van der Waals surface area contributed by atoms with E-state index in [0.29, 0.717) is 23.5 Å². The number of aliphatic hydroxyl groups is 3. The van der Waals surface area contributed by atoms with Gasteiger partial charge in [0, 0.05) is 33.5 Å². The van der Waals surface area contributed by atoms with Crippen LogP contribution in [0.3, 0.4) is 0 Å². The van der Waals surface area contributed by atoms with Gasteiger partial charge >= 0.3 is 0 Å². The highest BCUT2D eigenvalue weighted by atomic mass is 127. The number of nitrogens with one attached hydrogen (secondary N) is 1. The summed E-state index contributed by atoms with van der Waals surface area (Å²) in [5, 5.41) is 40.7. The second kappa shape index (κ2) is 11.0. The molecule has 7 rings (SSSR count).